The third-order valence-electron chi connectivity index (χ3n) is 3.87. The molecule has 110 valence electrons. The van der Waals surface area contributed by atoms with E-state index in [4.69, 9.17) is 4.74 Å². The summed E-state index contributed by atoms with van der Waals surface area (Å²) in [5, 5.41) is 6.42. The fourth-order valence-corrected chi connectivity index (χ4v) is 2.64. The molecule has 1 aromatic carbocycles. The standard InChI is InChI=1S/C16H24N2O2/c1-12(14-5-7-15(20-2)8-6-14)18-16(19)10-13-4-3-9-17-11-13/h5-8,12-13,17H,3-4,9-11H2,1-2H3,(H,18,19)/t12-,13?/m1/s1. The van der Waals surface area contributed by atoms with Crippen molar-refractivity contribution >= 4 is 5.91 Å². The van der Waals surface area contributed by atoms with Gasteiger partial charge in [0.05, 0.1) is 13.2 Å². The molecule has 1 amide bonds. The van der Waals surface area contributed by atoms with Crippen molar-refractivity contribution < 1.29 is 9.53 Å². The summed E-state index contributed by atoms with van der Waals surface area (Å²) in [5.41, 5.74) is 1.10. The van der Waals surface area contributed by atoms with Gasteiger partial charge in [-0.3, -0.25) is 4.79 Å². The molecule has 1 aromatic rings. The van der Waals surface area contributed by atoms with Crippen molar-refractivity contribution in [1.82, 2.24) is 10.6 Å². The maximum atomic E-state index is 12.1. The molecule has 4 heteroatoms. The van der Waals surface area contributed by atoms with E-state index in [1.165, 1.54) is 6.42 Å². The second-order valence-corrected chi connectivity index (χ2v) is 5.48. The van der Waals surface area contributed by atoms with E-state index in [9.17, 15) is 4.79 Å². The molecule has 0 aromatic heterocycles. The van der Waals surface area contributed by atoms with Crippen LogP contribution in [-0.4, -0.2) is 26.1 Å². The second-order valence-electron chi connectivity index (χ2n) is 5.48. The number of carbonyl (C=O) groups is 1. The smallest absolute Gasteiger partial charge is 0.220 e. The van der Waals surface area contributed by atoms with Crippen LogP contribution < -0.4 is 15.4 Å². The zero-order valence-corrected chi connectivity index (χ0v) is 12.3. The Morgan fingerprint density at radius 1 is 1.45 bits per heavy atom. The largest absolute Gasteiger partial charge is 0.497 e. The van der Waals surface area contributed by atoms with Gasteiger partial charge in [-0.2, -0.15) is 0 Å². The van der Waals surface area contributed by atoms with Gasteiger partial charge in [0.25, 0.3) is 0 Å². The quantitative estimate of drug-likeness (QED) is 0.867. The van der Waals surface area contributed by atoms with Gasteiger partial charge in [0.15, 0.2) is 0 Å². The van der Waals surface area contributed by atoms with Crippen molar-refractivity contribution in [3.63, 3.8) is 0 Å². The molecule has 0 radical (unpaired) electrons. The molecule has 2 rings (SSSR count). The van der Waals surface area contributed by atoms with Crippen LogP contribution in [-0.2, 0) is 4.79 Å². The third kappa shape index (κ3) is 4.23. The highest BCUT2D eigenvalue weighted by Crippen LogP contribution is 2.18. The lowest BCUT2D eigenvalue weighted by molar-refractivity contribution is -0.122. The Morgan fingerprint density at radius 2 is 2.20 bits per heavy atom. The van der Waals surface area contributed by atoms with Gasteiger partial charge in [0.2, 0.25) is 5.91 Å². The number of methoxy groups -OCH3 is 1. The van der Waals surface area contributed by atoms with Crippen LogP contribution in [0.2, 0.25) is 0 Å². The van der Waals surface area contributed by atoms with Crippen LogP contribution in [0.25, 0.3) is 0 Å². The normalized spacial score (nSPS) is 20.2. The van der Waals surface area contributed by atoms with Crippen LogP contribution >= 0.6 is 0 Å². The van der Waals surface area contributed by atoms with Crippen LogP contribution in [0.4, 0.5) is 0 Å². The third-order valence-corrected chi connectivity index (χ3v) is 3.87. The summed E-state index contributed by atoms with van der Waals surface area (Å²) in [5.74, 6) is 1.45. The molecule has 4 nitrogen and oxygen atoms in total. The number of hydrogen-bond donors (Lipinski definition) is 2. The van der Waals surface area contributed by atoms with Crippen LogP contribution in [0.3, 0.4) is 0 Å². The lowest BCUT2D eigenvalue weighted by atomic mass is 9.95. The maximum Gasteiger partial charge on any atom is 0.220 e. The van der Waals surface area contributed by atoms with Crippen LogP contribution in [0.15, 0.2) is 24.3 Å². The minimum absolute atomic E-state index is 0.0324. The number of piperidine rings is 1. The molecule has 0 saturated carbocycles. The molecule has 1 aliphatic rings. The Bertz CT molecular complexity index is 425. The van der Waals surface area contributed by atoms with Gasteiger partial charge in [0, 0.05) is 6.42 Å². The first kappa shape index (κ1) is 14.9. The van der Waals surface area contributed by atoms with Crippen molar-refractivity contribution in [2.45, 2.75) is 32.2 Å². The molecule has 1 heterocycles. The molecule has 0 aliphatic carbocycles. The number of amides is 1. The molecular formula is C16H24N2O2. The fourth-order valence-electron chi connectivity index (χ4n) is 2.64. The van der Waals surface area contributed by atoms with Crippen molar-refractivity contribution in [3.8, 4) is 5.75 Å². The summed E-state index contributed by atoms with van der Waals surface area (Å²) in [4.78, 5) is 12.1. The highest BCUT2D eigenvalue weighted by Gasteiger charge is 2.18. The van der Waals surface area contributed by atoms with Gasteiger partial charge in [-0.1, -0.05) is 12.1 Å². The Kier molecular flexibility index (Phi) is 5.41. The van der Waals surface area contributed by atoms with E-state index in [0.29, 0.717) is 12.3 Å². The summed E-state index contributed by atoms with van der Waals surface area (Å²) in [7, 11) is 1.65. The first-order valence-electron chi connectivity index (χ1n) is 7.33. The Labute approximate surface area is 120 Å². The number of ether oxygens (including phenoxy) is 1. The molecule has 1 saturated heterocycles. The summed E-state index contributed by atoms with van der Waals surface area (Å²) in [6.07, 6.45) is 2.94. The first-order chi connectivity index (χ1) is 9.69. The van der Waals surface area contributed by atoms with E-state index in [-0.39, 0.29) is 11.9 Å². The van der Waals surface area contributed by atoms with E-state index in [1.54, 1.807) is 7.11 Å². The van der Waals surface area contributed by atoms with E-state index in [2.05, 4.69) is 10.6 Å². The molecule has 1 fully saturated rings. The van der Waals surface area contributed by atoms with Gasteiger partial charge in [0.1, 0.15) is 5.75 Å². The van der Waals surface area contributed by atoms with Gasteiger partial charge in [-0.25, -0.2) is 0 Å². The molecular weight excluding hydrogens is 252 g/mol. The highest BCUT2D eigenvalue weighted by molar-refractivity contribution is 5.76. The summed E-state index contributed by atoms with van der Waals surface area (Å²) < 4.78 is 5.14. The zero-order chi connectivity index (χ0) is 14.4. The van der Waals surface area contributed by atoms with Crippen LogP contribution in [0.5, 0.6) is 5.75 Å². The summed E-state index contributed by atoms with van der Waals surface area (Å²) in [6.45, 7) is 4.06. The second kappa shape index (κ2) is 7.29. The Balaban J connectivity index is 1.82. The van der Waals surface area contributed by atoms with Crippen LogP contribution in [0, 0.1) is 5.92 Å². The molecule has 1 aliphatic heterocycles. The Morgan fingerprint density at radius 3 is 2.80 bits per heavy atom. The molecule has 2 atom stereocenters. The van der Waals surface area contributed by atoms with Gasteiger partial charge >= 0.3 is 0 Å². The van der Waals surface area contributed by atoms with Crippen molar-refractivity contribution in [3.05, 3.63) is 29.8 Å². The number of carbonyl (C=O) groups excluding carboxylic acids is 1. The maximum absolute atomic E-state index is 12.1. The first-order valence-corrected chi connectivity index (χ1v) is 7.33. The monoisotopic (exact) mass is 276 g/mol. The number of benzene rings is 1. The minimum Gasteiger partial charge on any atom is -0.497 e. The minimum atomic E-state index is 0.0324. The predicted octanol–water partition coefficient (Wildman–Crippen LogP) is 2.26. The van der Waals surface area contributed by atoms with Gasteiger partial charge in [-0.15, -0.1) is 0 Å². The number of nitrogens with one attached hydrogen (secondary N) is 2. The van der Waals surface area contributed by atoms with Gasteiger partial charge in [-0.05, 0) is 56.5 Å². The summed E-state index contributed by atoms with van der Waals surface area (Å²) >= 11 is 0. The molecule has 20 heavy (non-hydrogen) atoms. The lowest BCUT2D eigenvalue weighted by Gasteiger charge is -2.23. The Hall–Kier alpha value is -1.55. The zero-order valence-electron chi connectivity index (χ0n) is 12.3. The SMILES string of the molecule is COc1ccc([C@@H](C)NC(=O)CC2CCCNC2)cc1. The average molecular weight is 276 g/mol. The lowest BCUT2D eigenvalue weighted by Crippen LogP contribution is -2.35. The van der Waals surface area contributed by atoms with E-state index >= 15 is 0 Å². The van der Waals surface area contributed by atoms with E-state index in [1.807, 2.05) is 31.2 Å². The molecule has 1 unspecified atom stereocenters. The van der Waals surface area contributed by atoms with Crippen molar-refractivity contribution in [2.24, 2.45) is 5.92 Å². The van der Waals surface area contributed by atoms with Crippen LogP contribution in [0.1, 0.15) is 37.8 Å². The number of hydrogen-bond acceptors (Lipinski definition) is 3. The highest BCUT2D eigenvalue weighted by atomic mass is 16.5. The summed E-state index contributed by atoms with van der Waals surface area (Å²) in [6, 6.07) is 7.86. The molecule has 0 spiro atoms. The van der Waals surface area contributed by atoms with Crippen molar-refractivity contribution in [1.29, 1.82) is 0 Å². The predicted molar refractivity (Wildman–Crippen MR) is 79.8 cm³/mol. The van der Waals surface area contributed by atoms with E-state index < -0.39 is 0 Å². The van der Waals surface area contributed by atoms with Gasteiger partial charge < -0.3 is 15.4 Å². The average Bonchev–Trinajstić information content (AvgIpc) is 2.48. The number of rotatable bonds is 5. The molecule has 2 N–H and O–H groups in total. The fraction of sp³-hybridized carbons (Fsp3) is 0.562. The molecule has 0 bridgehead atoms. The van der Waals surface area contributed by atoms with Crippen molar-refractivity contribution in [2.75, 3.05) is 20.2 Å². The topological polar surface area (TPSA) is 50.4 Å². The van der Waals surface area contributed by atoms with E-state index in [0.717, 1.165) is 30.8 Å².